The third-order valence-corrected chi connectivity index (χ3v) is 5.12. The summed E-state index contributed by atoms with van der Waals surface area (Å²) >= 11 is 3.28. The van der Waals surface area contributed by atoms with Crippen LogP contribution in [0.1, 0.15) is 17.2 Å². The molecule has 1 N–H and O–H groups in total. The Morgan fingerprint density at radius 3 is 2.34 bits per heavy atom. The van der Waals surface area contributed by atoms with Crippen LogP contribution in [-0.4, -0.2) is 21.8 Å². The van der Waals surface area contributed by atoms with Crippen molar-refractivity contribution in [1.29, 1.82) is 0 Å². The number of carbonyl (C=O) groups is 2. The Hall–Kier alpha value is -3.32. The lowest BCUT2D eigenvalue weighted by atomic mass is 9.95. The van der Waals surface area contributed by atoms with Gasteiger partial charge in [-0.25, -0.2) is 9.37 Å². The Kier molecular flexibility index (Phi) is 4.98. The van der Waals surface area contributed by atoms with E-state index in [4.69, 9.17) is 0 Å². The first-order valence-electron chi connectivity index (χ1n) is 8.71. The SMILES string of the molecule is O=C1C(=O)N(c2ccc(Br)cn2)C(c2ccccc2F)/C1=C(/O)c1ccccc1. The highest BCUT2D eigenvalue weighted by molar-refractivity contribution is 9.10. The van der Waals surface area contributed by atoms with Crippen molar-refractivity contribution < 1.29 is 19.1 Å². The molecule has 5 nitrogen and oxygen atoms in total. The molecule has 1 fully saturated rings. The number of rotatable bonds is 3. The van der Waals surface area contributed by atoms with Crippen molar-refractivity contribution in [3.8, 4) is 0 Å². The molecule has 0 bridgehead atoms. The quantitative estimate of drug-likeness (QED) is 0.357. The van der Waals surface area contributed by atoms with Gasteiger partial charge in [0, 0.05) is 21.8 Å². The van der Waals surface area contributed by atoms with Gasteiger partial charge in [0.2, 0.25) is 0 Å². The van der Waals surface area contributed by atoms with Crippen LogP contribution in [0.4, 0.5) is 10.2 Å². The first-order chi connectivity index (χ1) is 14.0. The Balaban J connectivity index is 1.97. The van der Waals surface area contributed by atoms with E-state index >= 15 is 0 Å². The minimum Gasteiger partial charge on any atom is -0.507 e. The molecule has 0 saturated carbocycles. The first kappa shape index (κ1) is 19.0. The molecule has 1 aromatic heterocycles. The van der Waals surface area contributed by atoms with Crippen molar-refractivity contribution in [2.45, 2.75) is 6.04 Å². The van der Waals surface area contributed by atoms with Crippen LogP contribution in [0.2, 0.25) is 0 Å². The predicted molar refractivity (Wildman–Crippen MR) is 110 cm³/mol. The smallest absolute Gasteiger partial charge is 0.301 e. The fourth-order valence-corrected chi connectivity index (χ4v) is 3.56. The van der Waals surface area contributed by atoms with Gasteiger partial charge in [-0.05, 0) is 34.1 Å². The van der Waals surface area contributed by atoms with E-state index in [1.165, 1.54) is 24.4 Å². The van der Waals surface area contributed by atoms with Gasteiger partial charge in [-0.15, -0.1) is 0 Å². The van der Waals surface area contributed by atoms with Gasteiger partial charge in [0.1, 0.15) is 17.4 Å². The maximum atomic E-state index is 14.7. The van der Waals surface area contributed by atoms with Crippen molar-refractivity contribution in [2.75, 3.05) is 4.90 Å². The normalized spacial score (nSPS) is 18.3. The van der Waals surface area contributed by atoms with Crippen molar-refractivity contribution in [1.82, 2.24) is 4.98 Å². The molecule has 1 unspecified atom stereocenters. The van der Waals surface area contributed by atoms with Crippen LogP contribution in [0.15, 0.2) is 83.0 Å². The number of amides is 1. The molecule has 1 saturated heterocycles. The number of halogens is 2. The number of aliphatic hydroxyl groups is 1. The van der Waals surface area contributed by atoms with Gasteiger partial charge in [-0.2, -0.15) is 0 Å². The van der Waals surface area contributed by atoms with Gasteiger partial charge >= 0.3 is 5.91 Å². The highest BCUT2D eigenvalue weighted by atomic mass is 79.9. The number of hydrogen-bond donors (Lipinski definition) is 1. The number of pyridine rings is 1. The molecule has 1 amide bonds. The summed E-state index contributed by atoms with van der Waals surface area (Å²) in [5.74, 6) is -2.57. The molecular formula is C22H14BrFN2O3. The van der Waals surface area contributed by atoms with E-state index in [0.29, 0.717) is 10.0 Å². The molecule has 29 heavy (non-hydrogen) atoms. The van der Waals surface area contributed by atoms with E-state index in [-0.39, 0.29) is 22.7 Å². The fraction of sp³-hybridized carbons (Fsp3) is 0.0455. The van der Waals surface area contributed by atoms with Crippen molar-refractivity contribution in [3.05, 3.63) is 99.9 Å². The minimum atomic E-state index is -1.15. The topological polar surface area (TPSA) is 70.5 Å². The number of carbonyl (C=O) groups excluding carboxylic acids is 2. The number of Topliss-reactive ketones (excluding diaryl/α,β-unsaturated/α-hetero) is 1. The molecule has 0 spiro atoms. The zero-order valence-corrected chi connectivity index (χ0v) is 16.5. The molecule has 4 rings (SSSR count). The summed E-state index contributed by atoms with van der Waals surface area (Å²) < 4.78 is 15.4. The van der Waals surface area contributed by atoms with E-state index in [1.807, 2.05) is 0 Å². The van der Waals surface area contributed by atoms with E-state index in [9.17, 15) is 19.1 Å². The number of benzene rings is 2. The molecule has 0 radical (unpaired) electrons. The van der Waals surface area contributed by atoms with Gasteiger partial charge in [0.15, 0.2) is 0 Å². The molecule has 144 valence electrons. The summed E-state index contributed by atoms with van der Waals surface area (Å²) in [6.07, 6.45) is 1.48. The van der Waals surface area contributed by atoms with E-state index < -0.39 is 23.5 Å². The molecule has 1 atom stereocenters. The van der Waals surface area contributed by atoms with Gasteiger partial charge < -0.3 is 5.11 Å². The minimum absolute atomic E-state index is 0.0916. The Bertz CT molecular complexity index is 1130. The van der Waals surface area contributed by atoms with E-state index in [0.717, 1.165) is 4.90 Å². The summed E-state index contributed by atoms with van der Waals surface area (Å²) in [6, 6.07) is 16.3. The lowest BCUT2D eigenvalue weighted by molar-refractivity contribution is -0.132. The number of ketones is 1. The van der Waals surface area contributed by atoms with Crippen LogP contribution >= 0.6 is 15.9 Å². The van der Waals surface area contributed by atoms with Gasteiger partial charge in [-0.1, -0.05) is 48.5 Å². The van der Waals surface area contributed by atoms with Crippen LogP contribution in [0.5, 0.6) is 0 Å². The fourth-order valence-electron chi connectivity index (χ4n) is 3.32. The Labute approximate surface area is 174 Å². The van der Waals surface area contributed by atoms with Crippen molar-refractivity contribution in [3.63, 3.8) is 0 Å². The summed E-state index contributed by atoms with van der Waals surface area (Å²) in [5.41, 5.74) is 0.264. The standard InChI is InChI=1S/C22H14BrFN2O3/c23-14-10-11-17(25-12-14)26-19(15-8-4-5-9-16(15)24)18(21(28)22(26)29)20(27)13-6-2-1-3-7-13/h1-12,19,27H/b20-18-. The second-order valence-corrected chi connectivity index (χ2v) is 7.31. The first-order valence-corrected chi connectivity index (χ1v) is 9.50. The molecule has 1 aliphatic rings. The zero-order valence-electron chi connectivity index (χ0n) is 14.9. The second kappa shape index (κ2) is 7.60. The number of nitrogens with zero attached hydrogens (tertiary/aromatic N) is 2. The van der Waals surface area contributed by atoms with Crippen molar-refractivity contribution in [2.24, 2.45) is 0 Å². The maximum absolute atomic E-state index is 14.7. The van der Waals surface area contributed by atoms with E-state index in [1.54, 1.807) is 48.5 Å². The molecule has 2 heterocycles. The largest absolute Gasteiger partial charge is 0.507 e. The van der Waals surface area contributed by atoms with Gasteiger partial charge in [0.25, 0.3) is 5.78 Å². The monoisotopic (exact) mass is 452 g/mol. The van der Waals surface area contributed by atoms with E-state index in [2.05, 4.69) is 20.9 Å². The molecule has 3 aromatic rings. The van der Waals surface area contributed by atoms with Crippen LogP contribution in [0.25, 0.3) is 5.76 Å². The van der Waals surface area contributed by atoms with Crippen LogP contribution < -0.4 is 4.90 Å². The highest BCUT2D eigenvalue weighted by Gasteiger charge is 2.48. The number of aliphatic hydroxyl groups excluding tert-OH is 1. The molecular weight excluding hydrogens is 439 g/mol. The van der Waals surface area contributed by atoms with Crippen LogP contribution in [0.3, 0.4) is 0 Å². The average Bonchev–Trinajstić information content (AvgIpc) is 3.00. The van der Waals surface area contributed by atoms with Gasteiger partial charge in [-0.3, -0.25) is 14.5 Å². The lowest BCUT2D eigenvalue weighted by Crippen LogP contribution is -2.30. The lowest BCUT2D eigenvalue weighted by Gasteiger charge is -2.24. The maximum Gasteiger partial charge on any atom is 0.301 e. The van der Waals surface area contributed by atoms with Gasteiger partial charge in [0.05, 0.1) is 11.6 Å². The Morgan fingerprint density at radius 1 is 1.00 bits per heavy atom. The van der Waals surface area contributed by atoms with Crippen LogP contribution in [0, 0.1) is 5.82 Å². The number of aromatic nitrogens is 1. The zero-order chi connectivity index (χ0) is 20.5. The average molecular weight is 453 g/mol. The molecule has 7 heteroatoms. The summed E-state index contributed by atoms with van der Waals surface area (Å²) in [7, 11) is 0. The summed E-state index contributed by atoms with van der Waals surface area (Å²) in [4.78, 5) is 31.1. The third kappa shape index (κ3) is 3.34. The summed E-state index contributed by atoms with van der Waals surface area (Å²) in [6.45, 7) is 0. The second-order valence-electron chi connectivity index (χ2n) is 6.39. The number of hydrogen-bond acceptors (Lipinski definition) is 4. The Morgan fingerprint density at radius 2 is 1.69 bits per heavy atom. The molecule has 0 aliphatic carbocycles. The predicted octanol–water partition coefficient (Wildman–Crippen LogP) is 4.61. The number of anilines is 1. The highest BCUT2D eigenvalue weighted by Crippen LogP contribution is 2.42. The molecule has 2 aromatic carbocycles. The summed E-state index contributed by atoms with van der Waals surface area (Å²) in [5, 5.41) is 10.9. The molecule has 1 aliphatic heterocycles. The van der Waals surface area contributed by atoms with Crippen molar-refractivity contribution >= 4 is 39.2 Å². The third-order valence-electron chi connectivity index (χ3n) is 4.65. The van der Waals surface area contributed by atoms with Crippen LogP contribution in [-0.2, 0) is 9.59 Å².